The van der Waals surface area contributed by atoms with Gasteiger partial charge < -0.3 is 14.8 Å². The Morgan fingerprint density at radius 2 is 1.33 bits per heavy atom. The first-order valence-electron chi connectivity index (χ1n) is 10.1. The molecule has 4 aromatic carbocycles. The molecule has 33 heavy (non-hydrogen) atoms. The molecule has 0 spiro atoms. The van der Waals surface area contributed by atoms with E-state index >= 15 is 0 Å². The number of nitrogens with one attached hydrogen (secondary N) is 1. The van der Waals surface area contributed by atoms with Gasteiger partial charge >= 0.3 is 0 Å². The van der Waals surface area contributed by atoms with Gasteiger partial charge in [0.05, 0.1) is 10.0 Å². The first-order valence-corrected chi connectivity index (χ1v) is 11.6. The maximum absolute atomic E-state index is 6.44. The molecule has 168 valence electrons. The number of anilines is 1. The Morgan fingerprint density at radius 1 is 0.667 bits per heavy atom. The van der Waals surface area contributed by atoms with Crippen molar-refractivity contribution in [1.29, 1.82) is 0 Å². The fourth-order valence-electron chi connectivity index (χ4n) is 3.11. The third kappa shape index (κ3) is 6.49. The zero-order valence-electron chi connectivity index (χ0n) is 17.3. The molecule has 0 bridgehead atoms. The van der Waals surface area contributed by atoms with Crippen molar-refractivity contribution in [3.05, 3.63) is 116 Å². The number of ether oxygens (including phenoxy) is 2. The van der Waals surface area contributed by atoms with E-state index < -0.39 is 0 Å². The van der Waals surface area contributed by atoms with Crippen molar-refractivity contribution in [3.63, 3.8) is 0 Å². The van der Waals surface area contributed by atoms with Gasteiger partial charge in [0.25, 0.3) is 0 Å². The van der Waals surface area contributed by atoms with Crippen LogP contribution in [0.5, 0.6) is 17.2 Å². The zero-order chi connectivity index (χ0) is 23.2. The standard InChI is InChI=1S/C26H19Cl4NO2/c27-19-7-6-18(23(28)14-19)16-32-26-24(29)12-17(13-25(26)30)15-31-20-8-10-22(11-9-20)33-21-4-2-1-3-5-21/h1-14,31H,15-16H2. The Morgan fingerprint density at radius 3 is 2.00 bits per heavy atom. The zero-order valence-corrected chi connectivity index (χ0v) is 20.3. The molecule has 7 heteroatoms. The van der Waals surface area contributed by atoms with Gasteiger partial charge in [-0.05, 0) is 66.2 Å². The highest BCUT2D eigenvalue weighted by molar-refractivity contribution is 6.37. The summed E-state index contributed by atoms with van der Waals surface area (Å²) in [5.41, 5.74) is 2.66. The summed E-state index contributed by atoms with van der Waals surface area (Å²) in [5, 5.41) is 5.30. The molecule has 0 heterocycles. The van der Waals surface area contributed by atoms with E-state index in [0.717, 1.165) is 28.3 Å². The van der Waals surface area contributed by atoms with Crippen molar-refractivity contribution in [3.8, 4) is 17.2 Å². The average molecular weight is 519 g/mol. The highest BCUT2D eigenvalue weighted by Crippen LogP contribution is 2.35. The lowest BCUT2D eigenvalue weighted by atomic mass is 10.2. The van der Waals surface area contributed by atoms with Gasteiger partial charge in [-0.25, -0.2) is 0 Å². The largest absolute Gasteiger partial charge is 0.486 e. The predicted molar refractivity (Wildman–Crippen MR) is 138 cm³/mol. The average Bonchev–Trinajstić information content (AvgIpc) is 2.80. The fraction of sp³-hybridized carbons (Fsp3) is 0.0769. The van der Waals surface area contributed by atoms with Gasteiger partial charge in [-0.3, -0.25) is 0 Å². The number of rotatable bonds is 8. The number of para-hydroxylation sites is 1. The monoisotopic (exact) mass is 517 g/mol. The number of hydrogen-bond acceptors (Lipinski definition) is 3. The minimum absolute atomic E-state index is 0.227. The molecule has 0 saturated heterocycles. The number of benzene rings is 4. The van der Waals surface area contributed by atoms with Crippen LogP contribution in [-0.4, -0.2) is 0 Å². The van der Waals surface area contributed by atoms with Gasteiger partial charge in [-0.2, -0.15) is 0 Å². The Kier molecular flexibility index (Phi) is 7.89. The van der Waals surface area contributed by atoms with Crippen LogP contribution in [0.25, 0.3) is 0 Å². The Balaban J connectivity index is 1.36. The fourth-order valence-corrected chi connectivity index (χ4v) is 4.21. The molecule has 0 aliphatic carbocycles. The van der Waals surface area contributed by atoms with Crippen LogP contribution in [0, 0.1) is 0 Å². The normalized spacial score (nSPS) is 10.7. The summed E-state index contributed by atoms with van der Waals surface area (Å²) >= 11 is 25.0. The number of hydrogen-bond donors (Lipinski definition) is 1. The van der Waals surface area contributed by atoms with E-state index in [1.54, 1.807) is 18.2 Å². The van der Waals surface area contributed by atoms with Gasteiger partial charge in [-0.15, -0.1) is 0 Å². The predicted octanol–water partition coefficient (Wildman–Crippen LogP) is 9.28. The van der Waals surface area contributed by atoms with Crippen molar-refractivity contribution in [1.82, 2.24) is 0 Å². The van der Waals surface area contributed by atoms with E-state index in [9.17, 15) is 0 Å². The third-order valence-corrected chi connectivity index (χ3v) is 5.92. The SMILES string of the molecule is Clc1ccc(COc2c(Cl)cc(CNc3ccc(Oc4ccccc4)cc3)cc2Cl)c(Cl)c1. The molecule has 0 radical (unpaired) electrons. The van der Waals surface area contributed by atoms with E-state index in [4.69, 9.17) is 55.9 Å². The Bertz CT molecular complexity index is 1210. The van der Waals surface area contributed by atoms with Crippen LogP contribution in [0.1, 0.15) is 11.1 Å². The minimum atomic E-state index is 0.227. The van der Waals surface area contributed by atoms with Crippen LogP contribution >= 0.6 is 46.4 Å². The van der Waals surface area contributed by atoms with Gasteiger partial charge in [0.1, 0.15) is 18.1 Å². The second-order valence-electron chi connectivity index (χ2n) is 7.21. The summed E-state index contributed by atoms with van der Waals surface area (Å²) in [6.07, 6.45) is 0. The summed E-state index contributed by atoms with van der Waals surface area (Å²) in [7, 11) is 0. The molecule has 3 nitrogen and oxygen atoms in total. The molecule has 1 N–H and O–H groups in total. The van der Waals surface area contributed by atoms with Crippen LogP contribution in [0.2, 0.25) is 20.1 Å². The first-order chi connectivity index (χ1) is 16.0. The van der Waals surface area contributed by atoms with Crippen molar-refractivity contribution in [2.24, 2.45) is 0 Å². The van der Waals surface area contributed by atoms with Crippen molar-refractivity contribution >= 4 is 52.1 Å². The first kappa shape index (κ1) is 23.6. The van der Waals surface area contributed by atoms with E-state index in [0.29, 0.717) is 32.4 Å². The molecule has 0 unspecified atom stereocenters. The molecule has 0 aliphatic rings. The molecule has 0 aliphatic heterocycles. The highest BCUT2D eigenvalue weighted by Gasteiger charge is 2.12. The molecular formula is C26H19Cl4NO2. The van der Waals surface area contributed by atoms with E-state index in [-0.39, 0.29) is 6.61 Å². The molecular weight excluding hydrogens is 500 g/mol. The van der Waals surface area contributed by atoms with Crippen molar-refractivity contribution in [2.45, 2.75) is 13.2 Å². The van der Waals surface area contributed by atoms with Gasteiger partial charge in [0.15, 0.2) is 5.75 Å². The van der Waals surface area contributed by atoms with Gasteiger partial charge in [0.2, 0.25) is 0 Å². The summed E-state index contributed by atoms with van der Waals surface area (Å²) in [6.45, 7) is 0.770. The van der Waals surface area contributed by atoms with Gasteiger partial charge in [-0.1, -0.05) is 70.7 Å². The van der Waals surface area contributed by atoms with Crippen molar-refractivity contribution in [2.75, 3.05) is 5.32 Å². The molecule has 0 aromatic heterocycles. The topological polar surface area (TPSA) is 30.5 Å². The minimum Gasteiger partial charge on any atom is -0.486 e. The van der Waals surface area contributed by atoms with Crippen LogP contribution in [0.15, 0.2) is 84.9 Å². The second-order valence-corrected chi connectivity index (χ2v) is 8.86. The lowest BCUT2D eigenvalue weighted by Gasteiger charge is -2.14. The van der Waals surface area contributed by atoms with Gasteiger partial charge in [0, 0.05) is 27.8 Å². The summed E-state index contributed by atoms with van der Waals surface area (Å²) in [6, 6.07) is 26.3. The lowest BCUT2D eigenvalue weighted by molar-refractivity contribution is 0.306. The summed E-state index contributed by atoms with van der Waals surface area (Å²) in [4.78, 5) is 0. The Labute approximate surface area is 212 Å². The van der Waals surface area contributed by atoms with E-state index in [1.807, 2.05) is 66.7 Å². The molecule has 0 atom stereocenters. The third-order valence-electron chi connectivity index (χ3n) is 4.78. The maximum atomic E-state index is 6.44. The molecule has 4 aromatic rings. The smallest absolute Gasteiger partial charge is 0.156 e. The van der Waals surface area contributed by atoms with E-state index in [1.165, 1.54) is 0 Å². The summed E-state index contributed by atoms with van der Waals surface area (Å²) < 4.78 is 11.6. The molecule has 0 amide bonds. The lowest BCUT2D eigenvalue weighted by Crippen LogP contribution is -2.01. The quantitative estimate of drug-likeness (QED) is 0.252. The maximum Gasteiger partial charge on any atom is 0.156 e. The van der Waals surface area contributed by atoms with Crippen LogP contribution in [-0.2, 0) is 13.2 Å². The number of halogens is 4. The molecule has 0 saturated carbocycles. The summed E-state index contributed by atoms with van der Waals surface area (Å²) in [5.74, 6) is 1.97. The molecule has 0 fully saturated rings. The van der Waals surface area contributed by atoms with Crippen LogP contribution in [0.4, 0.5) is 5.69 Å². The van der Waals surface area contributed by atoms with Crippen LogP contribution in [0.3, 0.4) is 0 Å². The second kappa shape index (κ2) is 11.0. The van der Waals surface area contributed by atoms with E-state index in [2.05, 4.69) is 5.32 Å². The van der Waals surface area contributed by atoms with Crippen molar-refractivity contribution < 1.29 is 9.47 Å². The molecule has 4 rings (SSSR count). The van der Waals surface area contributed by atoms with Crippen LogP contribution < -0.4 is 14.8 Å². The highest BCUT2D eigenvalue weighted by atomic mass is 35.5. The Hall–Kier alpha value is -2.56.